The molecule has 3 heteroatoms. The molecule has 0 N–H and O–H groups in total. The summed E-state index contributed by atoms with van der Waals surface area (Å²) in [5, 5.41) is 2.81. The van der Waals surface area contributed by atoms with Crippen molar-refractivity contribution in [2.45, 2.75) is 292 Å². The second-order valence-electron chi connectivity index (χ2n) is 19.4. The second kappa shape index (κ2) is 37.1. The zero-order valence-corrected chi connectivity index (χ0v) is 45.3. The Morgan fingerprint density at radius 1 is 0.359 bits per heavy atom. The van der Waals surface area contributed by atoms with Crippen LogP contribution in [0.5, 0.6) is 0 Å². The van der Waals surface area contributed by atoms with Gasteiger partial charge in [-0.05, 0) is 154 Å². The van der Waals surface area contributed by atoms with Crippen molar-refractivity contribution in [1.82, 2.24) is 0 Å². The molecule has 1 heterocycles. The van der Waals surface area contributed by atoms with Crippen LogP contribution in [0.1, 0.15) is 287 Å². The predicted molar refractivity (Wildman–Crippen MR) is 284 cm³/mol. The molecule has 0 aromatic heterocycles. The van der Waals surface area contributed by atoms with E-state index >= 15 is 0 Å². The van der Waals surface area contributed by atoms with Gasteiger partial charge in [0, 0.05) is 22.3 Å². The fourth-order valence-electron chi connectivity index (χ4n) is 9.68. The molecule has 0 fully saturated rings. The van der Waals surface area contributed by atoms with Gasteiger partial charge < -0.3 is 5.53 Å². The molecule has 0 amide bonds. The Labute approximate surface area is 405 Å². The average Bonchev–Trinajstić information content (AvgIpc) is 3.54. The van der Waals surface area contributed by atoms with Gasteiger partial charge in [-0.2, -0.15) is 0 Å². The van der Waals surface area contributed by atoms with E-state index < -0.39 is 0 Å². The number of hydrogen-bond acceptors (Lipinski definition) is 0. The summed E-state index contributed by atoms with van der Waals surface area (Å²) in [5.74, 6) is 0. The first-order chi connectivity index (χ1) is 31.3. The first kappa shape index (κ1) is 58.1. The Bertz CT molecular complexity index is 1540. The minimum atomic E-state index is 1.01. The summed E-state index contributed by atoms with van der Waals surface area (Å²) >= 11 is 1.97. The van der Waals surface area contributed by atoms with Crippen molar-refractivity contribution in [2.75, 3.05) is 0 Å². The summed E-state index contributed by atoms with van der Waals surface area (Å²) in [4.78, 5) is 0. The summed E-state index contributed by atoms with van der Waals surface area (Å²) in [6, 6.07) is 10.0. The normalized spacial score (nSPS) is 12.9. The van der Waals surface area contributed by atoms with Gasteiger partial charge in [0.05, 0.1) is 0 Å². The molecule has 0 bridgehead atoms. The third kappa shape index (κ3) is 20.9. The number of benzene rings is 2. The summed E-state index contributed by atoms with van der Waals surface area (Å²) in [7, 11) is 0. The van der Waals surface area contributed by atoms with Crippen LogP contribution in [0.15, 0.2) is 35.4 Å². The number of rotatable bonds is 37. The number of nitrogens with zero attached hydrogens (tertiary/aromatic N) is 2. The molecule has 64 heavy (non-hydrogen) atoms. The fourth-order valence-corrected chi connectivity index (χ4v) is 10.9. The Balaban J connectivity index is 0.00000112. The monoisotopic (exact) mass is 923 g/mol. The zero-order valence-electron chi connectivity index (χ0n) is 44.3. The summed E-state index contributed by atoms with van der Waals surface area (Å²) in [6.07, 6.45) is 41.4. The Morgan fingerprint density at radius 3 is 0.984 bits per heavy atom. The van der Waals surface area contributed by atoms with E-state index in [0.717, 1.165) is 56.3 Å². The van der Waals surface area contributed by atoms with Crippen LogP contribution in [-0.2, 0) is 53.0 Å². The van der Waals surface area contributed by atoms with Gasteiger partial charge in [0.1, 0.15) is 0 Å². The van der Waals surface area contributed by atoms with E-state index in [4.69, 9.17) is 0 Å². The molecule has 3 rings (SSSR count). The van der Waals surface area contributed by atoms with Crippen molar-refractivity contribution in [3.63, 3.8) is 0 Å². The second-order valence-corrected chi connectivity index (χ2v) is 20.9. The molecule has 0 spiro atoms. The molecule has 2 aromatic rings. The molecular formula is C61H104N2Ni. The maximum atomic E-state index is 12.6. The summed E-state index contributed by atoms with van der Waals surface area (Å²) < 4.78 is 1.66. The molecule has 368 valence electrons. The standard InChI is InChI=1S/C51H82N2.2C5H11.Ni/c1-9-16-23-29-41-36-45(37-42(30-24-17-10-2)48(41)34-27-20-13-5)50-40(8)47(33-22-15-7)51(53(50)52)46-38-43(31-25-18-11-3)49(35-28-21-14-6)44(39-46)32-26-19-12-4;2*1-3-5-4-2;/h36-39H,9-35H2,1-8H3;2*1,3-5H2,2H3;. The van der Waals surface area contributed by atoms with E-state index in [9.17, 15) is 5.53 Å². The van der Waals surface area contributed by atoms with Crippen LogP contribution >= 0.6 is 0 Å². The van der Waals surface area contributed by atoms with Crippen LogP contribution in [-0.4, -0.2) is 4.70 Å². The number of hydrogen-bond donors (Lipinski definition) is 0. The van der Waals surface area contributed by atoms with E-state index in [1.165, 1.54) is 200 Å². The quantitative estimate of drug-likeness (QED) is 0.0367. The summed E-state index contributed by atoms with van der Waals surface area (Å²) in [6.45, 7) is 23.1. The van der Waals surface area contributed by atoms with Gasteiger partial charge in [0.2, 0.25) is 11.4 Å². The molecule has 2 nitrogen and oxygen atoms in total. The van der Waals surface area contributed by atoms with Gasteiger partial charge in [-0.1, -0.05) is 132 Å². The van der Waals surface area contributed by atoms with E-state index in [0.29, 0.717) is 0 Å². The van der Waals surface area contributed by atoms with Gasteiger partial charge in [-0.25, -0.2) is 4.70 Å². The predicted octanol–water partition coefficient (Wildman–Crippen LogP) is 20.7. The van der Waals surface area contributed by atoms with Gasteiger partial charge in [0.25, 0.3) is 0 Å². The van der Waals surface area contributed by atoms with Crippen LogP contribution in [0.3, 0.4) is 0 Å². The molecule has 2 aromatic carbocycles. The van der Waals surface area contributed by atoms with Gasteiger partial charge in [-0.15, -0.1) is 0 Å². The number of unbranched alkanes of at least 4 members (excludes halogenated alkanes) is 17. The first-order valence-electron chi connectivity index (χ1n) is 28.0. The van der Waals surface area contributed by atoms with Crippen molar-refractivity contribution >= 4 is 11.4 Å². The van der Waals surface area contributed by atoms with Gasteiger partial charge >= 0.3 is 77.6 Å². The van der Waals surface area contributed by atoms with Crippen molar-refractivity contribution in [1.29, 1.82) is 0 Å². The van der Waals surface area contributed by atoms with E-state index in [1.54, 1.807) is 38.1 Å². The van der Waals surface area contributed by atoms with Crippen LogP contribution in [0.4, 0.5) is 0 Å². The van der Waals surface area contributed by atoms with Crippen LogP contribution in [0.2, 0.25) is 10.8 Å². The van der Waals surface area contributed by atoms with E-state index in [1.807, 2.05) is 14.4 Å². The number of aryl methyl sites for hydroxylation is 4. The maximum absolute atomic E-state index is 12.6. The average molecular weight is 924 g/mol. The molecule has 0 saturated carbocycles. The van der Waals surface area contributed by atoms with Crippen LogP contribution < -0.4 is 0 Å². The molecule has 1 aliphatic rings. The third-order valence-corrected chi connectivity index (χ3v) is 15.0. The molecule has 0 saturated heterocycles. The SMILES string of the molecule is CCCCCc1cc(C2=C(C)C(CCCC)=C(c3cc(CCCCC)c(CCCCC)c(CCCCC)c3)[N+]2=[N-])cc(CCCCC)c1CCCCC.CCCC[CH2][Ni][CH2]CCCC. The Kier molecular flexibility index (Phi) is 33.7. The first-order valence-corrected chi connectivity index (χ1v) is 29.4. The minimum absolute atomic E-state index is 1.01. The van der Waals surface area contributed by atoms with Crippen molar-refractivity contribution in [3.8, 4) is 0 Å². The molecule has 0 aliphatic carbocycles. The summed E-state index contributed by atoms with van der Waals surface area (Å²) in [5.41, 5.74) is 29.3. The van der Waals surface area contributed by atoms with Crippen molar-refractivity contribution in [2.24, 2.45) is 0 Å². The Morgan fingerprint density at radius 2 is 0.656 bits per heavy atom. The van der Waals surface area contributed by atoms with Crippen molar-refractivity contribution < 1.29 is 19.1 Å². The van der Waals surface area contributed by atoms with Gasteiger partial charge in [-0.3, -0.25) is 0 Å². The van der Waals surface area contributed by atoms with E-state index in [2.05, 4.69) is 93.5 Å². The molecule has 0 unspecified atom stereocenters. The topological polar surface area (TPSA) is 25.3 Å². The van der Waals surface area contributed by atoms with Crippen LogP contribution in [0.25, 0.3) is 16.9 Å². The number of allylic oxidation sites excluding steroid dienone is 2. The van der Waals surface area contributed by atoms with Crippen molar-refractivity contribution in [3.05, 3.63) is 85.5 Å². The Hall–Kier alpha value is -1.99. The van der Waals surface area contributed by atoms with Gasteiger partial charge in [0.15, 0.2) is 0 Å². The van der Waals surface area contributed by atoms with Crippen LogP contribution in [0, 0.1) is 0 Å². The zero-order chi connectivity index (χ0) is 46.8. The van der Waals surface area contributed by atoms with E-state index in [-0.39, 0.29) is 0 Å². The third-order valence-electron chi connectivity index (χ3n) is 13.6. The fraction of sp³-hybridized carbons (Fsp3) is 0.738. The molecular weight excluding hydrogens is 819 g/mol. The molecule has 0 radical (unpaired) electrons. The molecule has 0 atom stereocenters. The molecule has 1 aliphatic heterocycles.